The molecule has 2 N–H and O–H groups in total. The van der Waals surface area contributed by atoms with Crippen molar-refractivity contribution in [3.05, 3.63) is 82.9 Å². The molecule has 1 atom stereocenters. The minimum absolute atomic E-state index is 0.0367. The van der Waals surface area contributed by atoms with Crippen LogP contribution in [-0.4, -0.2) is 39.9 Å². The lowest BCUT2D eigenvalue weighted by atomic mass is 10.1. The molecule has 3 aromatic rings. The van der Waals surface area contributed by atoms with E-state index in [1.165, 1.54) is 30.3 Å². The van der Waals surface area contributed by atoms with E-state index in [0.29, 0.717) is 24.5 Å². The molecular weight excluding hydrogens is 479 g/mol. The highest BCUT2D eigenvalue weighted by molar-refractivity contribution is 6.32. The maximum Gasteiger partial charge on any atom is 0.573 e. The molecule has 0 radical (unpaired) electrons. The lowest BCUT2D eigenvalue weighted by Gasteiger charge is -2.25. The molecule has 0 saturated carbocycles. The summed E-state index contributed by atoms with van der Waals surface area (Å²) in [6.07, 6.45) is -1.27. The lowest BCUT2D eigenvalue weighted by Crippen LogP contribution is -2.33. The number of carboxylic acid groups (broad SMARTS) is 1. The van der Waals surface area contributed by atoms with E-state index in [-0.39, 0.29) is 34.0 Å². The van der Waals surface area contributed by atoms with E-state index in [1.807, 2.05) is 0 Å². The first-order valence-electron chi connectivity index (χ1n) is 9.72. The molecule has 178 valence electrons. The van der Waals surface area contributed by atoms with E-state index in [2.05, 4.69) is 20.0 Å². The van der Waals surface area contributed by atoms with Gasteiger partial charge in [0.15, 0.2) is 0 Å². The molecule has 0 bridgehead atoms. The Morgan fingerprint density at radius 2 is 1.88 bits per heavy atom. The number of rotatable bonds is 4. The van der Waals surface area contributed by atoms with Crippen molar-refractivity contribution < 1.29 is 37.3 Å². The molecule has 1 unspecified atom stereocenters. The highest BCUT2D eigenvalue weighted by Crippen LogP contribution is 2.30. The number of carbonyl (C=O) groups excluding carboxylic acids is 1. The Labute approximate surface area is 196 Å². The van der Waals surface area contributed by atoms with Crippen LogP contribution in [0.3, 0.4) is 0 Å². The van der Waals surface area contributed by atoms with Crippen LogP contribution < -0.4 is 14.8 Å². The molecule has 0 spiro atoms. The van der Waals surface area contributed by atoms with Crippen LogP contribution in [0, 0.1) is 0 Å². The highest BCUT2D eigenvalue weighted by Gasteiger charge is 2.31. The predicted octanol–water partition coefficient (Wildman–Crippen LogP) is 4.67. The summed E-state index contributed by atoms with van der Waals surface area (Å²) >= 11 is 5.41. The number of aromatic nitrogens is 2. The van der Waals surface area contributed by atoms with Crippen molar-refractivity contribution in [1.82, 2.24) is 15.3 Å². The first-order chi connectivity index (χ1) is 16.1. The number of carboxylic acids is 1. The molecule has 1 aliphatic heterocycles. The molecule has 1 aliphatic rings. The molecule has 8 nitrogen and oxygen atoms in total. The second kappa shape index (κ2) is 10.8. The number of aromatic carboxylic acids is 1. The molecule has 0 saturated heterocycles. The number of halogens is 4. The number of hydrogen-bond acceptors (Lipinski definition) is 6. The van der Waals surface area contributed by atoms with E-state index in [0.717, 1.165) is 12.3 Å². The van der Waals surface area contributed by atoms with E-state index in [4.69, 9.17) is 21.4 Å². The summed E-state index contributed by atoms with van der Waals surface area (Å²) in [7, 11) is 0. The lowest BCUT2D eigenvalue weighted by molar-refractivity contribution is -0.274. The van der Waals surface area contributed by atoms with Crippen LogP contribution in [0.4, 0.5) is 13.2 Å². The van der Waals surface area contributed by atoms with Crippen LogP contribution >= 0.6 is 11.6 Å². The van der Waals surface area contributed by atoms with Crippen LogP contribution in [0.15, 0.2) is 60.9 Å². The zero-order valence-corrected chi connectivity index (χ0v) is 18.0. The molecule has 1 aromatic carbocycles. The Morgan fingerprint density at radius 3 is 2.53 bits per heavy atom. The molecule has 4 rings (SSSR count). The van der Waals surface area contributed by atoms with Crippen molar-refractivity contribution >= 4 is 23.5 Å². The number of nitrogens with zero attached hydrogens (tertiary/aromatic N) is 2. The molecule has 34 heavy (non-hydrogen) atoms. The van der Waals surface area contributed by atoms with Crippen molar-refractivity contribution in [2.24, 2.45) is 0 Å². The summed E-state index contributed by atoms with van der Waals surface area (Å²) < 4.78 is 44.0. The minimum Gasteiger partial charge on any atom is -0.491 e. The van der Waals surface area contributed by atoms with Gasteiger partial charge in [-0.15, -0.1) is 13.2 Å². The van der Waals surface area contributed by atoms with E-state index >= 15 is 0 Å². The van der Waals surface area contributed by atoms with Gasteiger partial charge in [0, 0.05) is 18.8 Å². The number of hydrogen-bond donors (Lipinski definition) is 2. The van der Waals surface area contributed by atoms with Gasteiger partial charge in [0.1, 0.15) is 22.9 Å². The second-order valence-electron chi connectivity index (χ2n) is 6.77. The zero-order valence-electron chi connectivity index (χ0n) is 17.3. The van der Waals surface area contributed by atoms with Crippen molar-refractivity contribution in [3.8, 4) is 11.5 Å². The standard InChI is InChI=1S/C15H13N3O4.C7H4ClF3O/c19-14(11-4-3-9(8-17-11)15(20)21)18-10-5-7-22-12-2-1-6-16-13(10)12;8-5-3-1-2-4-6(5)12-7(9,10)11/h1-4,6,8,10H,5,7H2,(H,18,19)(H,20,21);1-4H. The van der Waals surface area contributed by atoms with Gasteiger partial charge in [0.05, 0.1) is 23.2 Å². The van der Waals surface area contributed by atoms with Gasteiger partial charge in [-0.25, -0.2) is 4.79 Å². The normalized spacial score (nSPS) is 14.5. The zero-order chi connectivity index (χ0) is 24.7. The quantitative estimate of drug-likeness (QED) is 0.541. The van der Waals surface area contributed by atoms with Crippen LogP contribution in [0.1, 0.15) is 39.0 Å². The Balaban J connectivity index is 0.000000229. The van der Waals surface area contributed by atoms with Crippen molar-refractivity contribution in [3.63, 3.8) is 0 Å². The van der Waals surface area contributed by atoms with Gasteiger partial charge in [0.2, 0.25) is 0 Å². The molecule has 0 fully saturated rings. The fraction of sp³-hybridized carbons (Fsp3) is 0.182. The molecule has 2 aromatic heterocycles. The summed E-state index contributed by atoms with van der Waals surface area (Å²) in [6, 6.07) is 11.5. The van der Waals surface area contributed by atoms with Gasteiger partial charge < -0.3 is 19.9 Å². The van der Waals surface area contributed by atoms with Gasteiger partial charge in [-0.2, -0.15) is 0 Å². The first-order valence-corrected chi connectivity index (χ1v) is 10.1. The maximum absolute atomic E-state index is 12.2. The first kappa shape index (κ1) is 24.8. The maximum atomic E-state index is 12.2. The van der Waals surface area contributed by atoms with Gasteiger partial charge in [0.25, 0.3) is 5.91 Å². The summed E-state index contributed by atoms with van der Waals surface area (Å²) in [4.78, 5) is 31.1. The average molecular weight is 496 g/mol. The van der Waals surface area contributed by atoms with Gasteiger partial charge in [-0.1, -0.05) is 23.7 Å². The number of ether oxygens (including phenoxy) is 2. The number of para-hydroxylation sites is 1. The predicted molar refractivity (Wildman–Crippen MR) is 114 cm³/mol. The SMILES string of the molecule is FC(F)(F)Oc1ccccc1Cl.O=C(O)c1ccc(C(=O)NC2CCOc3cccnc32)nc1. The number of amides is 1. The van der Waals surface area contributed by atoms with Gasteiger partial charge in [-0.05, 0) is 36.4 Å². The third-order valence-electron chi connectivity index (χ3n) is 4.40. The molecular formula is C22H17ClF3N3O5. The summed E-state index contributed by atoms with van der Waals surface area (Å²) in [5.41, 5.74) is 0.882. The van der Waals surface area contributed by atoms with Crippen LogP contribution in [0.5, 0.6) is 11.5 Å². The third kappa shape index (κ3) is 6.82. The summed E-state index contributed by atoms with van der Waals surface area (Å²) in [5.74, 6) is -1.18. The average Bonchev–Trinajstić information content (AvgIpc) is 2.80. The Kier molecular flexibility index (Phi) is 7.90. The molecule has 0 aliphatic carbocycles. The Morgan fingerprint density at radius 1 is 1.12 bits per heavy atom. The molecule has 12 heteroatoms. The van der Waals surface area contributed by atoms with Crippen molar-refractivity contribution in [2.75, 3.05) is 6.61 Å². The second-order valence-corrected chi connectivity index (χ2v) is 7.17. The monoisotopic (exact) mass is 495 g/mol. The van der Waals surface area contributed by atoms with Crippen LogP contribution in [0.2, 0.25) is 5.02 Å². The van der Waals surface area contributed by atoms with Gasteiger partial charge >= 0.3 is 12.3 Å². The van der Waals surface area contributed by atoms with E-state index < -0.39 is 12.3 Å². The van der Waals surface area contributed by atoms with Crippen LogP contribution in [-0.2, 0) is 0 Å². The topological polar surface area (TPSA) is 111 Å². The number of pyridine rings is 2. The summed E-state index contributed by atoms with van der Waals surface area (Å²) in [6.45, 7) is 0.495. The largest absolute Gasteiger partial charge is 0.573 e. The molecule has 1 amide bonds. The highest BCUT2D eigenvalue weighted by atomic mass is 35.5. The number of benzene rings is 1. The number of alkyl halides is 3. The fourth-order valence-corrected chi connectivity index (χ4v) is 3.06. The minimum atomic E-state index is -4.69. The number of carbonyl (C=O) groups is 2. The Bertz CT molecular complexity index is 1160. The fourth-order valence-electron chi connectivity index (χ4n) is 2.89. The van der Waals surface area contributed by atoms with Crippen molar-refractivity contribution in [2.45, 2.75) is 18.8 Å². The third-order valence-corrected chi connectivity index (χ3v) is 4.72. The van der Waals surface area contributed by atoms with E-state index in [9.17, 15) is 22.8 Å². The van der Waals surface area contributed by atoms with Gasteiger partial charge in [-0.3, -0.25) is 14.8 Å². The number of fused-ring (bicyclic) bond motifs is 1. The molecule has 3 heterocycles. The number of nitrogens with one attached hydrogen (secondary N) is 1. The van der Waals surface area contributed by atoms with E-state index in [1.54, 1.807) is 18.3 Å². The van der Waals surface area contributed by atoms with Crippen molar-refractivity contribution in [1.29, 1.82) is 0 Å². The Hall–Kier alpha value is -3.86. The van der Waals surface area contributed by atoms with Crippen LogP contribution in [0.25, 0.3) is 0 Å². The smallest absolute Gasteiger partial charge is 0.491 e. The summed E-state index contributed by atoms with van der Waals surface area (Å²) in [5, 5.41) is 11.6.